The summed E-state index contributed by atoms with van der Waals surface area (Å²) in [5.41, 5.74) is 3.06. The summed E-state index contributed by atoms with van der Waals surface area (Å²) in [6, 6.07) is 15.1. The number of rotatable bonds is 5. The SMILES string of the molecule is C[C@@H]1OC(ONc2ccccc2C(=O)Oc2ccccc2)[C@H](O)[C@H](O)[C@H]1O. The quantitative estimate of drug-likeness (QED) is 0.348. The molecule has 2 aromatic rings. The van der Waals surface area contributed by atoms with Gasteiger partial charge in [-0.15, -0.1) is 0 Å². The van der Waals surface area contributed by atoms with E-state index < -0.39 is 36.7 Å². The van der Waals surface area contributed by atoms with Gasteiger partial charge < -0.3 is 24.8 Å². The smallest absolute Gasteiger partial charge is 0.345 e. The number of anilines is 1. The predicted molar refractivity (Wildman–Crippen MR) is 94.9 cm³/mol. The van der Waals surface area contributed by atoms with Crippen molar-refractivity contribution >= 4 is 11.7 Å². The van der Waals surface area contributed by atoms with Crippen LogP contribution in [0.2, 0.25) is 0 Å². The van der Waals surface area contributed by atoms with Gasteiger partial charge in [-0.3, -0.25) is 5.48 Å². The summed E-state index contributed by atoms with van der Waals surface area (Å²) in [5, 5.41) is 29.5. The minimum atomic E-state index is -1.47. The maximum absolute atomic E-state index is 12.4. The Hall–Kier alpha value is -2.49. The second-order valence-electron chi connectivity index (χ2n) is 6.15. The summed E-state index contributed by atoms with van der Waals surface area (Å²) in [4.78, 5) is 17.7. The van der Waals surface area contributed by atoms with Gasteiger partial charge in [-0.25, -0.2) is 9.63 Å². The van der Waals surface area contributed by atoms with Gasteiger partial charge in [0.05, 0.1) is 17.4 Å². The van der Waals surface area contributed by atoms with Gasteiger partial charge in [0.15, 0.2) is 0 Å². The van der Waals surface area contributed by atoms with Crippen molar-refractivity contribution in [1.82, 2.24) is 0 Å². The molecule has 1 aliphatic heterocycles. The first-order valence-corrected chi connectivity index (χ1v) is 8.45. The molecule has 1 heterocycles. The summed E-state index contributed by atoms with van der Waals surface area (Å²) in [6.45, 7) is 1.54. The van der Waals surface area contributed by atoms with Crippen LogP contribution in [0.15, 0.2) is 54.6 Å². The first kappa shape index (κ1) is 19.3. The summed E-state index contributed by atoms with van der Waals surface area (Å²) in [5.74, 6) is -0.197. The van der Waals surface area contributed by atoms with Crippen molar-refractivity contribution in [2.45, 2.75) is 37.6 Å². The van der Waals surface area contributed by atoms with Gasteiger partial charge in [0, 0.05) is 0 Å². The van der Waals surface area contributed by atoms with E-state index in [1.165, 1.54) is 0 Å². The van der Waals surface area contributed by atoms with Crippen LogP contribution in [0.4, 0.5) is 5.69 Å². The van der Waals surface area contributed by atoms with Crippen LogP contribution in [-0.2, 0) is 9.57 Å². The minimum Gasteiger partial charge on any atom is -0.423 e. The van der Waals surface area contributed by atoms with Crippen molar-refractivity contribution in [2.24, 2.45) is 0 Å². The molecular formula is C19H21NO7. The molecule has 144 valence electrons. The van der Waals surface area contributed by atoms with Gasteiger partial charge in [0.2, 0.25) is 6.29 Å². The van der Waals surface area contributed by atoms with E-state index in [9.17, 15) is 20.1 Å². The van der Waals surface area contributed by atoms with Gasteiger partial charge >= 0.3 is 5.97 Å². The lowest BCUT2D eigenvalue weighted by atomic mass is 10.0. The first-order valence-electron chi connectivity index (χ1n) is 8.45. The number of carbonyl (C=O) groups is 1. The fourth-order valence-electron chi connectivity index (χ4n) is 2.63. The minimum absolute atomic E-state index is 0.209. The van der Waals surface area contributed by atoms with Crippen molar-refractivity contribution in [3.63, 3.8) is 0 Å². The lowest BCUT2D eigenvalue weighted by molar-refractivity contribution is -0.286. The third kappa shape index (κ3) is 4.44. The molecule has 5 atom stereocenters. The molecule has 1 fully saturated rings. The van der Waals surface area contributed by atoms with E-state index in [4.69, 9.17) is 14.3 Å². The molecule has 2 aromatic carbocycles. The van der Waals surface area contributed by atoms with Crippen LogP contribution >= 0.6 is 0 Å². The molecule has 0 amide bonds. The third-order valence-electron chi connectivity index (χ3n) is 4.19. The number of nitrogens with one attached hydrogen (secondary N) is 1. The van der Waals surface area contributed by atoms with Crippen LogP contribution in [0.1, 0.15) is 17.3 Å². The molecular weight excluding hydrogens is 354 g/mol. The second kappa shape index (κ2) is 8.47. The van der Waals surface area contributed by atoms with Crippen molar-refractivity contribution in [3.05, 3.63) is 60.2 Å². The maximum atomic E-state index is 12.4. The van der Waals surface area contributed by atoms with Gasteiger partial charge in [-0.2, -0.15) is 0 Å². The molecule has 1 aliphatic rings. The zero-order valence-electron chi connectivity index (χ0n) is 14.6. The number of benzene rings is 2. The molecule has 8 nitrogen and oxygen atoms in total. The second-order valence-corrected chi connectivity index (χ2v) is 6.15. The highest BCUT2D eigenvalue weighted by molar-refractivity contribution is 5.96. The first-order chi connectivity index (χ1) is 13.0. The van der Waals surface area contributed by atoms with Gasteiger partial charge in [-0.1, -0.05) is 30.3 Å². The average Bonchev–Trinajstić information content (AvgIpc) is 2.69. The molecule has 27 heavy (non-hydrogen) atoms. The van der Waals surface area contributed by atoms with Crippen LogP contribution in [0, 0.1) is 0 Å². The van der Waals surface area contributed by atoms with E-state index in [1.807, 2.05) is 6.07 Å². The van der Waals surface area contributed by atoms with E-state index in [1.54, 1.807) is 55.5 Å². The molecule has 3 rings (SSSR count). The largest absolute Gasteiger partial charge is 0.423 e. The zero-order valence-corrected chi connectivity index (χ0v) is 14.6. The molecule has 4 N–H and O–H groups in total. The van der Waals surface area contributed by atoms with Gasteiger partial charge in [0.1, 0.15) is 24.1 Å². The fourth-order valence-corrected chi connectivity index (χ4v) is 2.63. The molecule has 0 aromatic heterocycles. The molecule has 0 radical (unpaired) electrons. The number of esters is 1. The normalized spacial score (nSPS) is 27.8. The highest BCUT2D eigenvalue weighted by atomic mass is 16.8. The van der Waals surface area contributed by atoms with E-state index in [2.05, 4.69) is 5.48 Å². The van der Waals surface area contributed by atoms with E-state index in [0.29, 0.717) is 11.4 Å². The molecule has 0 spiro atoms. The van der Waals surface area contributed by atoms with E-state index in [0.717, 1.165) is 0 Å². The highest BCUT2D eigenvalue weighted by Gasteiger charge is 2.42. The molecule has 8 heteroatoms. The van der Waals surface area contributed by atoms with Crippen LogP contribution in [0.5, 0.6) is 5.75 Å². The monoisotopic (exact) mass is 375 g/mol. The molecule has 0 aliphatic carbocycles. The molecule has 0 bridgehead atoms. The number of aliphatic hydroxyl groups excluding tert-OH is 3. The Morgan fingerprint density at radius 3 is 2.37 bits per heavy atom. The lowest BCUT2D eigenvalue weighted by Gasteiger charge is -2.38. The Labute approximate surface area is 155 Å². The Balaban J connectivity index is 1.68. The number of hydrogen-bond acceptors (Lipinski definition) is 8. The summed E-state index contributed by atoms with van der Waals surface area (Å²) >= 11 is 0. The number of aliphatic hydroxyl groups is 3. The van der Waals surface area contributed by atoms with Crippen LogP contribution in [-0.4, -0.2) is 52.0 Å². The van der Waals surface area contributed by atoms with Gasteiger partial charge in [0.25, 0.3) is 0 Å². The topological polar surface area (TPSA) is 117 Å². The Morgan fingerprint density at radius 1 is 0.963 bits per heavy atom. The molecule has 1 unspecified atom stereocenters. The number of carbonyl (C=O) groups excluding carboxylic acids is 1. The summed E-state index contributed by atoms with van der Waals surface area (Å²) in [7, 11) is 0. The Morgan fingerprint density at radius 2 is 1.63 bits per heavy atom. The fraction of sp³-hybridized carbons (Fsp3) is 0.316. The van der Waals surface area contributed by atoms with Crippen molar-refractivity contribution < 1.29 is 34.4 Å². The van der Waals surface area contributed by atoms with Crippen LogP contribution < -0.4 is 10.2 Å². The van der Waals surface area contributed by atoms with Crippen LogP contribution in [0.3, 0.4) is 0 Å². The third-order valence-corrected chi connectivity index (χ3v) is 4.19. The molecule has 1 saturated heterocycles. The van der Waals surface area contributed by atoms with E-state index >= 15 is 0 Å². The van der Waals surface area contributed by atoms with Crippen molar-refractivity contribution in [2.75, 3.05) is 5.48 Å². The van der Waals surface area contributed by atoms with E-state index in [-0.39, 0.29) is 5.56 Å². The summed E-state index contributed by atoms with van der Waals surface area (Å²) < 4.78 is 10.7. The highest BCUT2D eigenvalue weighted by Crippen LogP contribution is 2.24. The van der Waals surface area contributed by atoms with Gasteiger partial charge in [-0.05, 0) is 31.2 Å². The number of hydrogen-bond donors (Lipinski definition) is 4. The maximum Gasteiger partial charge on any atom is 0.345 e. The standard InChI is InChI=1S/C19H21NO7/c1-11-15(21)16(22)17(23)19(25-11)27-20-14-10-6-5-9-13(14)18(24)26-12-7-3-2-4-8-12/h2-11,15-17,19-23H,1H3/t11-,15-,16+,17+,19?/m0/s1. The van der Waals surface area contributed by atoms with Crippen molar-refractivity contribution in [1.29, 1.82) is 0 Å². The Bertz CT molecular complexity index is 770. The van der Waals surface area contributed by atoms with Crippen LogP contribution in [0.25, 0.3) is 0 Å². The molecule has 0 saturated carbocycles. The number of ether oxygens (including phenoxy) is 2. The number of para-hydroxylation sites is 2. The average molecular weight is 375 g/mol. The van der Waals surface area contributed by atoms with Crippen molar-refractivity contribution in [3.8, 4) is 5.75 Å². The zero-order chi connectivity index (χ0) is 19.4. The Kier molecular flexibility index (Phi) is 6.04. The predicted octanol–water partition coefficient (Wildman–Crippen LogP) is 1.08. The lowest BCUT2D eigenvalue weighted by Crippen LogP contribution is -2.57. The summed E-state index contributed by atoms with van der Waals surface area (Å²) in [6.07, 6.45) is -6.09.